The number of aliphatic imine (C=N–C) groups is 3. The third-order valence-electron chi connectivity index (χ3n) is 18.9. The van der Waals surface area contributed by atoms with Crippen molar-refractivity contribution in [2.24, 2.45) is 66.4 Å². The number of alkyl carbamates (subject to hydrolysis) is 1. The number of amides is 5. The molecule has 116 heavy (non-hydrogen) atoms. The van der Waals surface area contributed by atoms with Crippen molar-refractivity contribution in [2.45, 2.75) is 207 Å². The number of carboxylic acid groups (broad SMARTS) is 1. The third-order valence-corrected chi connectivity index (χ3v) is 18.9. The molecule has 660 valence electrons. The van der Waals surface area contributed by atoms with Gasteiger partial charge >= 0.3 is 24.0 Å². The van der Waals surface area contributed by atoms with Crippen molar-refractivity contribution in [3.8, 4) is 0 Å². The molecule has 0 aromatic rings. The Balaban J connectivity index is 0.00000103. The summed E-state index contributed by atoms with van der Waals surface area (Å²) in [5, 5.41) is 41.8. The smallest absolute Gasteiger partial charge is 0.407 e. The minimum Gasteiger partial charge on any atom is -0.481 e. The largest absolute Gasteiger partial charge is 0.481 e. The SMILES string of the molecule is CC(=O)NCC(=O)N[C@@H](CCCN=C(N)N)C(=O)CCC(=O)N[C@@H](CC(=O)O)C(=O)C[C@@H](CO)C(C)=O.CCCCC(=O)CCCOCCOCCNC(=O)OCC1C2CCC3N=NN(CCOCCOCCOCCOC(=O)[C@@H](C)NC(=O)[C@H](C)N=C(C)C(C)=N[C@@H](C)C(=O)C[C@H](C)C(=O)OCCOCCOCCOC)C3CCC21. The van der Waals surface area contributed by atoms with Gasteiger partial charge in [-0.1, -0.05) is 25.5 Å². The van der Waals surface area contributed by atoms with E-state index in [0.29, 0.717) is 160 Å². The van der Waals surface area contributed by atoms with Crippen LogP contribution in [0.5, 0.6) is 0 Å². The van der Waals surface area contributed by atoms with Crippen LogP contribution < -0.4 is 38.1 Å². The number of aliphatic carboxylic acids is 1. The van der Waals surface area contributed by atoms with Crippen LogP contribution in [0.2, 0.25) is 0 Å². The fraction of sp³-hybridized carbons (Fsp3) is 0.792. The Bertz CT molecular complexity index is 3140. The van der Waals surface area contributed by atoms with E-state index < -0.39 is 133 Å². The second-order valence-electron chi connectivity index (χ2n) is 28.4. The maximum atomic E-state index is 12.9. The highest BCUT2D eigenvalue weighted by Crippen LogP contribution is 2.54. The number of methoxy groups -OCH3 is 1. The molecule has 0 radical (unpaired) electrons. The zero-order valence-corrected chi connectivity index (χ0v) is 69.5. The molecule has 12 atom stereocenters. The molecule has 0 saturated heterocycles. The first-order valence-corrected chi connectivity index (χ1v) is 40.1. The summed E-state index contributed by atoms with van der Waals surface area (Å²) in [6, 6.07) is -4.61. The Morgan fingerprint density at radius 2 is 1.12 bits per heavy atom. The normalized spacial score (nSPS) is 18.0. The Hall–Kier alpha value is -8.44. The standard InChI is InChI=1S/C55H95N7O17.C22H36N6O9/c1-9-10-12-45(63)13-11-20-70-25-26-71-21-18-56-55(68)79-38-48-46-14-16-49-50(17-15-47(46)48)62(61-60-49)19-22-72-27-28-74-30-32-76-34-36-78-54(67)44(7)59-52(65)43(6)58-41(4)40(3)57-42(5)51(64)37-39(2)53(66)77-35-33-75-31-29-73-24-23-69-8;1-12(30)14(11-29)8-18(33)16(9-21(36)37)28-19(34)6-5-17(32)15(4-3-7-25-22(23)24)27-20(35)10-26-13(2)31/h39,42-44,46-50H,9-38H2,1-8H3,(H,56,68)(H,59,65);14-16,29H,3-11H2,1-2H3,(H,26,31)(H,27,35)(H,28,34)(H,36,37)(H4,23,24,25)/t39-,42-,43-,44+,46?,47?,48?,49?,50?;14-,15-,16-/m00/s1. The quantitative estimate of drug-likeness (QED) is 0.0138. The van der Waals surface area contributed by atoms with Crippen LogP contribution in [0.1, 0.15) is 165 Å². The molecule has 5 amide bonds. The molecule has 11 N–H and O–H groups in total. The average molecular weight is 1650 g/mol. The fourth-order valence-electron chi connectivity index (χ4n) is 12.0. The molecular weight excluding hydrogens is 1520 g/mol. The van der Waals surface area contributed by atoms with Crippen LogP contribution in [0.3, 0.4) is 0 Å². The predicted octanol–water partition coefficient (Wildman–Crippen LogP) is 1.88. The molecule has 0 spiro atoms. The maximum absolute atomic E-state index is 12.9. The second-order valence-corrected chi connectivity index (χ2v) is 28.4. The Labute approximate surface area is 680 Å². The molecule has 2 aliphatic carbocycles. The van der Waals surface area contributed by atoms with E-state index in [1.54, 1.807) is 41.7 Å². The number of rotatable bonds is 65. The van der Waals surface area contributed by atoms with Crippen LogP contribution in [0.25, 0.3) is 0 Å². The first kappa shape index (κ1) is 104. The zero-order valence-electron chi connectivity index (χ0n) is 69.5. The van der Waals surface area contributed by atoms with Gasteiger partial charge in [-0.2, -0.15) is 5.11 Å². The van der Waals surface area contributed by atoms with E-state index in [1.807, 2.05) is 0 Å². The van der Waals surface area contributed by atoms with Crippen LogP contribution in [0.15, 0.2) is 25.3 Å². The van der Waals surface area contributed by atoms with Crippen LogP contribution in [0, 0.1) is 29.6 Å². The summed E-state index contributed by atoms with van der Waals surface area (Å²) in [7, 11) is 1.59. The summed E-state index contributed by atoms with van der Waals surface area (Å²) < 4.78 is 59.7. The molecule has 5 unspecified atom stereocenters. The van der Waals surface area contributed by atoms with Crippen molar-refractivity contribution in [1.82, 2.24) is 31.6 Å². The summed E-state index contributed by atoms with van der Waals surface area (Å²) in [6.45, 7) is 20.7. The number of nitrogens with one attached hydrogen (secondary N) is 5. The maximum Gasteiger partial charge on any atom is 0.407 e. The van der Waals surface area contributed by atoms with Gasteiger partial charge < -0.3 is 100 Å². The van der Waals surface area contributed by atoms with Gasteiger partial charge in [0.1, 0.15) is 42.9 Å². The van der Waals surface area contributed by atoms with Gasteiger partial charge in [-0.05, 0) is 111 Å². The molecule has 1 heterocycles. The van der Waals surface area contributed by atoms with Gasteiger partial charge in [0.15, 0.2) is 23.3 Å². The van der Waals surface area contributed by atoms with Crippen molar-refractivity contribution in [3.63, 3.8) is 0 Å². The number of ether oxygens (including phenoxy) is 11. The van der Waals surface area contributed by atoms with Crippen molar-refractivity contribution in [1.29, 1.82) is 0 Å². The number of Topliss-reactive ketones (excluding diaryl/α,β-unsaturated/α-hetero) is 5. The first-order valence-electron chi connectivity index (χ1n) is 40.1. The lowest BCUT2D eigenvalue weighted by Gasteiger charge is -2.27. The molecule has 3 rings (SSSR count). The minimum absolute atomic E-state index is 0.00461. The van der Waals surface area contributed by atoms with Crippen molar-refractivity contribution < 1.29 is 125 Å². The molecule has 2 fully saturated rings. The van der Waals surface area contributed by atoms with Crippen LogP contribution >= 0.6 is 0 Å². The highest BCUT2D eigenvalue weighted by Gasteiger charge is 2.52. The van der Waals surface area contributed by atoms with Crippen molar-refractivity contribution >= 4 is 93.9 Å². The number of aliphatic hydroxyl groups is 1. The number of aliphatic hydroxyl groups excluding tert-OH is 1. The lowest BCUT2D eigenvalue weighted by atomic mass is 9.93. The third kappa shape index (κ3) is 47.7. The molecule has 2 saturated carbocycles. The number of nitrogens with two attached hydrogens (primary N) is 2. The number of ketones is 5. The van der Waals surface area contributed by atoms with E-state index in [2.05, 4.69) is 63.8 Å². The summed E-state index contributed by atoms with van der Waals surface area (Å²) in [6.07, 6.45) is 5.96. The number of esters is 2. The van der Waals surface area contributed by atoms with Crippen LogP contribution in [0.4, 0.5) is 4.79 Å². The predicted molar refractivity (Wildman–Crippen MR) is 422 cm³/mol. The van der Waals surface area contributed by atoms with Crippen LogP contribution in [-0.2, 0) is 110 Å². The number of nitrogens with zero attached hydrogens (tertiary/aromatic N) is 6. The summed E-state index contributed by atoms with van der Waals surface area (Å²) in [5.41, 5.74) is 11.4. The van der Waals surface area contributed by atoms with Crippen LogP contribution in [-0.4, -0.2) is 310 Å². The van der Waals surface area contributed by atoms with E-state index in [-0.39, 0.29) is 82.6 Å². The topological polar surface area (TPSA) is 541 Å². The van der Waals surface area contributed by atoms with Gasteiger partial charge in [0, 0.05) is 78.2 Å². The lowest BCUT2D eigenvalue weighted by molar-refractivity contribution is -0.151. The Morgan fingerprint density at radius 1 is 0.560 bits per heavy atom. The molecule has 39 nitrogen and oxygen atoms in total. The summed E-state index contributed by atoms with van der Waals surface area (Å²) in [4.78, 5) is 171. The number of fused-ring (bicyclic) bond motifs is 2. The lowest BCUT2D eigenvalue weighted by Crippen LogP contribution is -2.46. The van der Waals surface area contributed by atoms with Gasteiger partial charge in [0.25, 0.3) is 0 Å². The van der Waals surface area contributed by atoms with E-state index in [4.69, 9.17) is 68.7 Å². The zero-order chi connectivity index (χ0) is 86.2. The van der Waals surface area contributed by atoms with Gasteiger partial charge in [-0.3, -0.25) is 72.7 Å². The number of unbranched alkanes of at least 4 members (excludes halogenated alkanes) is 1. The summed E-state index contributed by atoms with van der Waals surface area (Å²) in [5.74, 6) is -6.92. The monoisotopic (exact) mass is 1650 g/mol. The molecule has 0 aromatic carbocycles. The molecule has 1 aliphatic heterocycles. The first-order chi connectivity index (χ1) is 55.4. The summed E-state index contributed by atoms with van der Waals surface area (Å²) >= 11 is 0. The van der Waals surface area contributed by atoms with E-state index in [0.717, 1.165) is 44.9 Å². The highest BCUT2D eigenvalue weighted by atomic mass is 16.6. The van der Waals surface area contributed by atoms with Gasteiger partial charge in [0.05, 0.1) is 167 Å². The number of carbonyl (C=O) groups excluding carboxylic acids is 12. The van der Waals surface area contributed by atoms with E-state index >= 15 is 0 Å². The highest BCUT2D eigenvalue weighted by molar-refractivity contribution is 6.41. The van der Waals surface area contributed by atoms with Gasteiger partial charge in [-0.15, -0.1) is 0 Å². The molecule has 39 heteroatoms. The second kappa shape index (κ2) is 61.8. The molecular formula is C77H131N13O26. The average Bonchev–Trinajstić information content (AvgIpc) is 1.61. The number of guanidine groups is 1. The Morgan fingerprint density at radius 3 is 1.71 bits per heavy atom. The minimum atomic E-state index is -1.46. The number of carboxylic acids is 1. The number of hydrogen-bond donors (Lipinski definition) is 9. The van der Waals surface area contributed by atoms with Crippen molar-refractivity contribution in [3.05, 3.63) is 0 Å². The van der Waals surface area contributed by atoms with Gasteiger partial charge in [0.2, 0.25) is 23.6 Å². The van der Waals surface area contributed by atoms with E-state index in [1.165, 1.54) is 20.8 Å². The van der Waals surface area contributed by atoms with E-state index in [9.17, 15) is 67.4 Å². The fourth-order valence-corrected chi connectivity index (χ4v) is 12.0. The Kier molecular flexibility index (Phi) is 55.3. The number of carbonyl (C=O) groups is 13. The van der Waals surface area contributed by atoms with Crippen molar-refractivity contribution in [2.75, 3.05) is 159 Å². The molecule has 3 aliphatic rings. The number of hydrogen-bond acceptors (Lipinski definition) is 31. The van der Waals surface area contributed by atoms with Gasteiger partial charge in [-0.25, -0.2) is 9.59 Å². The molecule has 0 aromatic heterocycles. The molecule has 0 bridgehead atoms.